The first kappa shape index (κ1) is 14.1. The number of carbonyl (C=O) groups is 1. The topological polar surface area (TPSA) is 49.3 Å². The zero-order valence-electron chi connectivity index (χ0n) is 11.4. The molecule has 2 aliphatic rings. The number of halogens is 1. The molecule has 3 nitrogen and oxygen atoms in total. The van der Waals surface area contributed by atoms with E-state index in [9.17, 15) is 4.79 Å². The molecule has 1 saturated carbocycles. The normalized spacial score (nSPS) is 29.1. The number of hydrogen-bond acceptors (Lipinski definition) is 2. The van der Waals surface area contributed by atoms with Crippen molar-refractivity contribution in [3.8, 4) is 0 Å². The van der Waals surface area contributed by atoms with Gasteiger partial charge in [0.25, 0.3) is 0 Å². The summed E-state index contributed by atoms with van der Waals surface area (Å²) in [5.74, 6) is -0.751. The Kier molecular flexibility index (Phi) is 4.13. The maximum atomic E-state index is 11.0. The third-order valence-electron chi connectivity index (χ3n) is 4.70. The van der Waals surface area contributed by atoms with Crippen molar-refractivity contribution in [2.75, 3.05) is 0 Å². The SMILES string of the molecule is O=C(O)C1CCC(NC2CCc3cc(Br)ccc32)CC1. The Labute approximate surface area is 127 Å². The number of fused-ring (bicyclic) bond motifs is 1. The lowest BCUT2D eigenvalue weighted by atomic mass is 9.85. The number of benzene rings is 1. The van der Waals surface area contributed by atoms with Crippen LogP contribution in [0.2, 0.25) is 0 Å². The fraction of sp³-hybridized carbons (Fsp3) is 0.562. The van der Waals surface area contributed by atoms with Gasteiger partial charge in [0.05, 0.1) is 5.92 Å². The largest absolute Gasteiger partial charge is 0.481 e. The number of hydrogen-bond donors (Lipinski definition) is 2. The molecule has 0 amide bonds. The second kappa shape index (κ2) is 5.86. The molecule has 0 aliphatic heterocycles. The third kappa shape index (κ3) is 2.91. The van der Waals surface area contributed by atoms with Crippen molar-refractivity contribution in [1.29, 1.82) is 0 Å². The van der Waals surface area contributed by atoms with Crippen molar-refractivity contribution in [2.24, 2.45) is 5.92 Å². The number of aliphatic carboxylic acids is 1. The minimum absolute atomic E-state index is 0.125. The van der Waals surface area contributed by atoms with Gasteiger partial charge >= 0.3 is 5.97 Å². The first-order chi connectivity index (χ1) is 9.63. The number of nitrogens with one attached hydrogen (secondary N) is 1. The smallest absolute Gasteiger partial charge is 0.306 e. The fourth-order valence-corrected chi connectivity index (χ4v) is 3.96. The van der Waals surface area contributed by atoms with Gasteiger partial charge in [0.1, 0.15) is 0 Å². The van der Waals surface area contributed by atoms with Crippen LogP contribution in [0.3, 0.4) is 0 Å². The zero-order chi connectivity index (χ0) is 14.1. The van der Waals surface area contributed by atoms with Crippen molar-refractivity contribution in [3.05, 3.63) is 33.8 Å². The van der Waals surface area contributed by atoms with Crippen molar-refractivity contribution >= 4 is 21.9 Å². The lowest BCUT2D eigenvalue weighted by Gasteiger charge is -2.29. The molecule has 0 saturated heterocycles. The molecule has 0 spiro atoms. The number of carboxylic acids is 1. The number of carboxylic acid groups (broad SMARTS) is 1. The Balaban J connectivity index is 1.60. The van der Waals surface area contributed by atoms with Gasteiger partial charge in [-0.15, -0.1) is 0 Å². The Bertz CT molecular complexity index is 509. The third-order valence-corrected chi connectivity index (χ3v) is 5.19. The van der Waals surface area contributed by atoms with Crippen LogP contribution in [-0.4, -0.2) is 17.1 Å². The van der Waals surface area contributed by atoms with Crippen LogP contribution in [0.5, 0.6) is 0 Å². The second-order valence-corrected chi connectivity index (χ2v) is 6.90. The van der Waals surface area contributed by atoms with E-state index in [-0.39, 0.29) is 5.92 Å². The molecule has 3 rings (SSSR count). The highest BCUT2D eigenvalue weighted by Gasteiger charge is 2.29. The van der Waals surface area contributed by atoms with Crippen molar-refractivity contribution in [3.63, 3.8) is 0 Å². The van der Waals surface area contributed by atoms with Gasteiger partial charge in [-0.25, -0.2) is 0 Å². The maximum Gasteiger partial charge on any atom is 0.306 e. The zero-order valence-corrected chi connectivity index (χ0v) is 13.0. The van der Waals surface area contributed by atoms with Crippen LogP contribution in [-0.2, 0) is 11.2 Å². The first-order valence-electron chi connectivity index (χ1n) is 7.40. The van der Waals surface area contributed by atoms with E-state index in [1.165, 1.54) is 11.1 Å². The van der Waals surface area contributed by atoms with E-state index in [0.717, 1.165) is 43.0 Å². The summed E-state index contributed by atoms with van der Waals surface area (Å²) < 4.78 is 1.15. The highest BCUT2D eigenvalue weighted by atomic mass is 79.9. The Morgan fingerprint density at radius 3 is 2.65 bits per heavy atom. The molecule has 1 unspecified atom stereocenters. The van der Waals surface area contributed by atoms with E-state index in [1.54, 1.807) is 0 Å². The molecule has 108 valence electrons. The summed E-state index contributed by atoms with van der Waals surface area (Å²) in [7, 11) is 0. The Morgan fingerprint density at radius 2 is 1.95 bits per heavy atom. The van der Waals surface area contributed by atoms with Crippen LogP contribution in [0.25, 0.3) is 0 Å². The summed E-state index contributed by atoms with van der Waals surface area (Å²) in [4.78, 5) is 11.0. The average molecular weight is 338 g/mol. The average Bonchev–Trinajstić information content (AvgIpc) is 2.81. The molecular formula is C16H20BrNO2. The van der Waals surface area contributed by atoms with E-state index < -0.39 is 5.97 Å². The van der Waals surface area contributed by atoms with E-state index in [0.29, 0.717) is 12.1 Å². The van der Waals surface area contributed by atoms with Crippen LogP contribution < -0.4 is 5.32 Å². The molecule has 0 heterocycles. The highest BCUT2D eigenvalue weighted by molar-refractivity contribution is 9.10. The summed E-state index contributed by atoms with van der Waals surface area (Å²) in [5, 5.41) is 12.8. The van der Waals surface area contributed by atoms with Gasteiger partial charge in [-0.1, -0.05) is 22.0 Å². The summed E-state index contributed by atoms with van der Waals surface area (Å²) in [6.07, 6.45) is 5.89. The molecule has 2 aliphatic carbocycles. The molecule has 0 aromatic heterocycles. The maximum absolute atomic E-state index is 11.0. The highest BCUT2D eigenvalue weighted by Crippen LogP contribution is 2.35. The molecule has 1 aromatic carbocycles. The monoisotopic (exact) mass is 337 g/mol. The predicted molar refractivity (Wildman–Crippen MR) is 81.7 cm³/mol. The summed E-state index contributed by atoms with van der Waals surface area (Å²) in [6, 6.07) is 7.47. The van der Waals surface area contributed by atoms with Crippen LogP contribution in [0, 0.1) is 5.92 Å². The Morgan fingerprint density at radius 1 is 1.20 bits per heavy atom. The lowest BCUT2D eigenvalue weighted by Crippen LogP contribution is -2.36. The fourth-order valence-electron chi connectivity index (χ4n) is 3.55. The molecule has 0 bridgehead atoms. The van der Waals surface area contributed by atoms with Gasteiger partial charge < -0.3 is 10.4 Å². The van der Waals surface area contributed by atoms with Gasteiger partial charge in [0, 0.05) is 16.6 Å². The molecule has 20 heavy (non-hydrogen) atoms. The molecular weight excluding hydrogens is 318 g/mol. The van der Waals surface area contributed by atoms with Crippen molar-refractivity contribution < 1.29 is 9.90 Å². The second-order valence-electron chi connectivity index (χ2n) is 5.99. The quantitative estimate of drug-likeness (QED) is 0.884. The summed E-state index contributed by atoms with van der Waals surface area (Å²) in [5.41, 5.74) is 2.87. The molecule has 1 fully saturated rings. The van der Waals surface area contributed by atoms with E-state index in [2.05, 4.69) is 39.4 Å². The van der Waals surface area contributed by atoms with Crippen LogP contribution in [0.4, 0.5) is 0 Å². The van der Waals surface area contributed by atoms with Crippen LogP contribution >= 0.6 is 15.9 Å². The van der Waals surface area contributed by atoms with Gasteiger partial charge in [-0.3, -0.25) is 4.79 Å². The van der Waals surface area contributed by atoms with Gasteiger partial charge in [0.15, 0.2) is 0 Å². The molecule has 4 heteroatoms. The minimum atomic E-state index is -0.625. The lowest BCUT2D eigenvalue weighted by molar-refractivity contribution is -0.142. The standard InChI is InChI=1S/C16H20BrNO2/c17-12-4-7-14-11(9-12)3-8-15(14)18-13-5-1-10(2-6-13)16(19)20/h4,7,9-10,13,15,18H,1-3,5-6,8H2,(H,19,20). The predicted octanol–water partition coefficient (Wildman–Crippen LogP) is 3.67. The van der Waals surface area contributed by atoms with Crippen molar-refractivity contribution in [1.82, 2.24) is 5.32 Å². The van der Waals surface area contributed by atoms with E-state index >= 15 is 0 Å². The molecule has 1 aromatic rings. The molecule has 2 N–H and O–H groups in total. The summed E-state index contributed by atoms with van der Waals surface area (Å²) >= 11 is 3.53. The minimum Gasteiger partial charge on any atom is -0.481 e. The van der Waals surface area contributed by atoms with Gasteiger partial charge in [-0.2, -0.15) is 0 Å². The van der Waals surface area contributed by atoms with Gasteiger partial charge in [0.2, 0.25) is 0 Å². The van der Waals surface area contributed by atoms with Crippen molar-refractivity contribution in [2.45, 2.75) is 50.6 Å². The molecule has 0 radical (unpaired) electrons. The summed E-state index contributed by atoms with van der Waals surface area (Å²) in [6.45, 7) is 0. The van der Waals surface area contributed by atoms with Crippen LogP contribution in [0.15, 0.2) is 22.7 Å². The van der Waals surface area contributed by atoms with E-state index in [4.69, 9.17) is 5.11 Å². The van der Waals surface area contributed by atoms with E-state index in [1.807, 2.05) is 0 Å². The number of rotatable bonds is 3. The first-order valence-corrected chi connectivity index (χ1v) is 8.20. The molecule has 1 atom stereocenters. The Hall–Kier alpha value is -0.870. The van der Waals surface area contributed by atoms with Crippen LogP contribution in [0.1, 0.15) is 49.3 Å². The van der Waals surface area contributed by atoms with Gasteiger partial charge in [-0.05, 0) is 61.8 Å². The number of aryl methyl sites for hydroxylation is 1.